The van der Waals surface area contributed by atoms with Crippen LogP contribution in [0.5, 0.6) is 0 Å². The van der Waals surface area contributed by atoms with Gasteiger partial charge < -0.3 is 0 Å². The summed E-state index contributed by atoms with van der Waals surface area (Å²) in [7, 11) is 0. The number of aryl methyl sites for hydroxylation is 1. The van der Waals surface area contributed by atoms with Crippen LogP contribution in [0.15, 0.2) is 18.2 Å². The molecule has 90 valence electrons. The molecule has 0 amide bonds. The summed E-state index contributed by atoms with van der Waals surface area (Å²) in [6, 6.07) is 4.62. The molecule has 0 spiro atoms. The predicted octanol–water partition coefficient (Wildman–Crippen LogP) is 2.84. The molecule has 5 heteroatoms. The number of ketones is 1. The first kappa shape index (κ1) is 12.1. The van der Waals surface area contributed by atoms with Gasteiger partial charge in [-0.2, -0.15) is 11.8 Å². The average Bonchev–Trinajstić information content (AvgIpc) is 2.80. The second-order valence-corrected chi connectivity index (χ2v) is 5.33. The first-order chi connectivity index (χ1) is 8.09. The molecule has 0 radical (unpaired) electrons. The lowest BCUT2D eigenvalue weighted by Crippen LogP contribution is -2.14. The molecule has 1 fully saturated rings. The van der Waals surface area contributed by atoms with Crippen LogP contribution in [0, 0.1) is 23.0 Å². The molecule has 1 aliphatic rings. The summed E-state index contributed by atoms with van der Waals surface area (Å²) >= 11 is 1.79. The molecule has 1 heterocycles. The second kappa shape index (κ2) is 4.87. The number of nitrogens with zero attached hydrogens (tertiary/aromatic N) is 1. The molecule has 0 saturated carbocycles. The minimum atomic E-state index is -0.422. The first-order valence-electron chi connectivity index (χ1n) is 5.46. The molecule has 1 atom stereocenters. The highest BCUT2D eigenvalue weighted by molar-refractivity contribution is 7.99. The maximum atomic E-state index is 12.1. The van der Waals surface area contributed by atoms with Crippen LogP contribution in [0.2, 0.25) is 0 Å². The number of carbonyl (C=O) groups is 1. The fraction of sp³-hybridized carbons (Fsp3) is 0.417. The number of nitro benzene ring substituents is 1. The van der Waals surface area contributed by atoms with E-state index in [0.29, 0.717) is 11.1 Å². The van der Waals surface area contributed by atoms with Gasteiger partial charge in [0.15, 0.2) is 5.78 Å². The zero-order chi connectivity index (χ0) is 12.4. The van der Waals surface area contributed by atoms with Crippen molar-refractivity contribution in [2.45, 2.75) is 13.3 Å². The lowest BCUT2D eigenvalue weighted by atomic mass is 9.96. The summed E-state index contributed by atoms with van der Waals surface area (Å²) in [5.41, 5.74) is 1.22. The Morgan fingerprint density at radius 3 is 2.82 bits per heavy atom. The maximum Gasteiger partial charge on any atom is 0.272 e. The van der Waals surface area contributed by atoms with Crippen molar-refractivity contribution < 1.29 is 9.72 Å². The Hall–Kier alpha value is -1.36. The molecule has 0 aromatic heterocycles. The number of Topliss-reactive ketones (excluding diaryl/α,β-unsaturated/α-hetero) is 1. The Bertz CT molecular complexity index is 467. The van der Waals surface area contributed by atoms with Crippen molar-refractivity contribution in [2.24, 2.45) is 5.92 Å². The van der Waals surface area contributed by atoms with E-state index in [4.69, 9.17) is 0 Å². The lowest BCUT2D eigenvalue weighted by Gasteiger charge is -2.07. The third kappa shape index (κ3) is 2.49. The van der Waals surface area contributed by atoms with Crippen molar-refractivity contribution >= 4 is 23.2 Å². The van der Waals surface area contributed by atoms with Gasteiger partial charge in [0.05, 0.1) is 4.92 Å². The third-order valence-electron chi connectivity index (χ3n) is 2.98. The molecule has 1 aromatic rings. The minimum absolute atomic E-state index is 0.0716. The summed E-state index contributed by atoms with van der Waals surface area (Å²) in [5, 5.41) is 10.7. The van der Waals surface area contributed by atoms with Crippen LogP contribution in [-0.4, -0.2) is 22.2 Å². The van der Waals surface area contributed by atoms with E-state index in [9.17, 15) is 14.9 Å². The molecule has 1 aliphatic heterocycles. The van der Waals surface area contributed by atoms with Crippen molar-refractivity contribution in [3.05, 3.63) is 39.4 Å². The van der Waals surface area contributed by atoms with Crippen LogP contribution in [-0.2, 0) is 0 Å². The van der Waals surface area contributed by atoms with Crippen molar-refractivity contribution in [2.75, 3.05) is 11.5 Å². The monoisotopic (exact) mass is 251 g/mol. The minimum Gasteiger partial charge on any atom is -0.294 e. The van der Waals surface area contributed by atoms with Gasteiger partial charge in [-0.25, -0.2) is 0 Å². The zero-order valence-corrected chi connectivity index (χ0v) is 10.3. The van der Waals surface area contributed by atoms with Crippen LogP contribution >= 0.6 is 11.8 Å². The van der Waals surface area contributed by atoms with Gasteiger partial charge in [-0.3, -0.25) is 14.9 Å². The molecule has 1 saturated heterocycles. The SMILES string of the molecule is Cc1cc(C(=O)C2CCSC2)ccc1[N+](=O)[O-]. The van der Waals surface area contributed by atoms with Crippen molar-refractivity contribution in [3.63, 3.8) is 0 Å². The Balaban J connectivity index is 2.25. The topological polar surface area (TPSA) is 60.2 Å². The molecule has 1 unspecified atom stereocenters. The molecule has 0 N–H and O–H groups in total. The number of hydrogen-bond acceptors (Lipinski definition) is 4. The fourth-order valence-corrected chi connectivity index (χ4v) is 3.21. The third-order valence-corrected chi connectivity index (χ3v) is 4.14. The van der Waals surface area contributed by atoms with Crippen LogP contribution in [0.3, 0.4) is 0 Å². The smallest absolute Gasteiger partial charge is 0.272 e. The molecular formula is C12H13NO3S. The van der Waals surface area contributed by atoms with E-state index in [1.807, 2.05) is 0 Å². The van der Waals surface area contributed by atoms with E-state index >= 15 is 0 Å². The quantitative estimate of drug-likeness (QED) is 0.471. The predicted molar refractivity (Wildman–Crippen MR) is 67.6 cm³/mol. The van der Waals surface area contributed by atoms with Crippen molar-refractivity contribution in [1.82, 2.24) is 0 Å². The molecule has 17 heavy (non-hydrogen) atoms. The molecule has 0 aliphatic carbocycles. The average molecular weight is 251 g/mol. The first-order valence-corrected chi connectivity index (χ1v) is 6.62. The Morgan fingerprint density at radius 2 is 2.29 bits per heavy atom. The standard InChI is InChI=1S/C12H13NO3S/c1-8-6-9(2-3-11(8)13(15)16)12(14)10-4-5-17-7-10/h2-3,6,10H,4-5,7H2,1H3. The normalized spacial score (nSPS) is 19.2. The fourth-order valence-electron chi connectivity index (χ4n) is 1.99. The largest absolute Gasteiger partial charge is 0.294 e. The van der Waals surface area contributed by atoms with Crippen molar-refractivity contribution in [1.29, 1.82) is 0 Å². The summed E-state index contributed by atoms with van der Waals surface area (Å²) in [4.78, 5) is 22.4. The highest BCUT2D eigenvalue weighted by atomic mass is 32.2. The van der Waals surface area contributed by atoms with Gasteiger partial charge in [0, 0.05) is 28.9 Å². The number of hydrogen-bond donors (Lipinski definition) is 0. The lowest BCUT2D eigenvalue weighted by molar-refractivity contribution is -0.385. The van der Waals surface area contributed by atoms with Gasteiger partial charge >= 0.3 is 0 Å². The van der Waals surface area contributed by atoms with Crippen molar-refractivity contribution in [3.8, 4) is 0 Å². The van der Waals surface area contributed by atoms with E-state index in [0.717, 1.165) is 17.9 Å². The van der Waals surface area contributed by atoms with Gasteiger partial charge in [0.1, 0.15) is 0 Å². The van der Waals surface area contributed by atoms with E-state index in [2.05, 4.69) is 0 Å². The molecule has 4 nitrogen and oxygen atoms in total. The van der Waals surface area contributed by atoms with Crippen LogP contribution in [0.1, 0.15) is 22.3 Å². The van der Waals surface area contributed by atoms with Gasteiger partial charge in [-0.1, -0.05) is 0 Å². The Labute approximate surface area is 104 Å². The van der Waals surface area contributed by atoms with Crippen LogP contribution in [0.25, 0.3) is 0 Å². The maximum absolute atomic E-state index is 12.1. The summed E-state index contributed by atoms with van der Waals surface area (Å²) in [6.45, 7) is 1.66. The van der Waals surface area contributed by atoms with Crippen LogP contribution in [0.4, 0.5) is 5.69 Å². The Morgan fingerprint density at radius 1 is 1.53 bits per heavy atom. The van der Waals surface area contributed by atoms with E-state index in [1.54, 1.807) is 30.8 Å². The van der Waals surface area contributed by atoms with Crippen LogP contribution < -0.4 is 0 Å². The molecular weight excluding hydrogens is 238 g/mol. The highest BCUT2D eigenvalue weighted by Crippen LogP contribution is 2.28. The number of carbonyl (C=O) groups excluding carboxylic acids is 1. The van der Waals surface area contributed by atoms with E-state index < -0.39 is 4.92 Å². The highest BCUT2D eigenvalue weighted by Gasteiger charge is 2.25. The van der Waals surface area contributed by atoms with Gasteiger partial charge in [0.25, 0.3) is 5.69 Å². The van der Waals surface area contributed by atoms with E-state index in [-0.39, 0.29) is 17.4 Å². The van der Waals surface area contributed by atoms with E-state index in [1.165, 1.54) is 6.07 Å². The summed E-state index contributed by atoms with van der Waals surface area (Å²) < 4.78 is 0. The van der Waals surface area contributed by atoms with Gasteiger partial charge in [-0.05, 0) is 31.2 Å². The Kier molecular flexibility index (Phi) is 3.47. The number of rotatable bonds is 3. The number of benzene rings is 1. The number of nitro groups is 1. The van der Waals surface area contributed by atoms with Gasteiger partial charge in [-0.15, -0.1) is 0 Å². The molecule has 0 bridgehead atoms. The molecule has 2 rings (SSSR count). The summed E-state index contributed by atoms with van der Waals surface area (Å²) in [5.74, 6) is 2.10. The molecule has 1 aromatic carbocycles. The summed E-state index contributed by atoms with van der Waals surface area (Å²) in [6.07, 6.45) is 0.916. The number of thioether (sulfide) groups is 1. The zero-order valence-electron chi connectivity index (χ0n) is 9.51. The van der Waals surface area contributed by atoms with Gasteiger partial charge in [0.2, 0.25) is 0 Å². The second-order valence-electron chi connectivity index (χ2n) is 4.18.